The van der Waals surface area contributed by atoms with Crippen LogP contribution in [0, 0.1) is 0 Å². The van der Waals surface area contributed by atoms with Gasteiger partial charge in [-0.2, -0.15) is 0 Å². The summed E-state index contributed by atoms with van der Waals surface area (Å²) in [6.07, 6.45) is 3.38. The van der Waals surface area contributed by atoms with Gasteiger partial charge < -0.3 is 9.32 Å². The zero-order valence-corrected chi connectivity index (χ0v) is 14.4. The lowest BCUT2D eigenvalue weighted by Gasteiger charge is -2.28. The molecule has 1 atom stereocenters. The lowest BCUT2D eigenvalue weighted by molar-refractivity contribution is -0.131. The average molecular weight is 352 g/mol. The number of hydrogen-bond acceptors (Lipinski definition) is 5. The lowest BCUT2D eigenvalue weighted by Crippen LogP contribution is -2.40. The van der Waals surface area contributed by atoms with Crippen LogP contribution in [-0.2, 0) is 4.79 Å². The van der Waals surface area contributed by atoms with Crippen LogP contribution in [0.1, 0.15) is 26.2 Å². The maximum absolute atomic E-state index is 12.4. The first-order valence-electron chi connectivity index (χ1n) is 7.68. The zero-order valence-electron chi connectivity index (χ0n) is 12.9. The van der Waals surface area contributed by atoms with Crippen LogP contribution in [0.25, 0.3) is 11.5 Å². The van der Waals surface area contributed by atoms with E-state index in [1.54, 1.807) is 12.1 Å². The summed E-state index contributed by atoms with van der Waals surface area (Å²) >= 11 is 7.18. The second kappa shape index (κ2) is 7.36. The quantitative estimate of drug-likeness (QED) is 0.782. The van der Waals surface area contributed by atoms with Crippen molar-refractivity contribution in [1.82, 2.24) is 15.1 Å². The molecule has 23 heavy (non-hydrogen) atoms. The number of hydrogen-bond donors (Lipinski definition) is 0. The Labute approximate surface area is 144 Å². The molecule has 7 heteroatoms. The second-order valence-corrected chi connectivity index (χ2v) is 7.25. The summed E-state index contributed by atoms with van der Waals surface area (Å²) < 4.78 is 5.64. The molecule has 0 saturated carbocycles. The Morgan fingerprint density at radius 3 is 2.61 bits per heavy atom. The molecule has 1 fully saturated rings. The van der Waals surface area contributed by atoms with Crippen molar-refractivity contribution in [2.24, 2.45) is 0 Å². The molecule has 0 radical (unpaired) electrons. The number of likely N-dealkylation sites (tertiary alicyclic amines) is 1. The van der Waals surface area contributed by atoms with E-state index in [-0.39, 0.29) is 11.2 Å². The molecule has 122 valence electrons. The molecule has 1 aliphatic heterocycles. The molecule has 1 amide bonds. The van der Waals surface area contributed by atoms with E-state index in [4.69, 9.17) is 16.0 Å². The van der Waals surface area contributed by atoms with Crippen molar-refractivity contribution in [3.63, 3.8) is 0 Å². The van der Waals surface area contributed by atoms with E-state index < -0.39 is 0 Å². The minimum absolute atomic E-state index is 0.140. The van der Waals surface area contributed by atoms with Crippen molar-refractivity contribution in [3.8, 4) is 11.5 Å². The highest BCUT2D eigenvalue weighted by Gasteiger charge is 2.24. The molecule has 0 N–H and O–H groups in total. The van der Waals surface area contributed by atoms with Crippen molar-refractivity contribution in [1.29, 1.82) is 0 Å². The minimum Gasteiger partial charge on any atom is -0.411 e. The molecule has 0 spiro atoms. The molecule has 0 unspecified atom stereocenters. The molecule has 3 rings (SSSR count). The number of piperidine rings is 1. The van der Waals surface area contributed by atoms with Crippen molar-refractivity contribution < 1.29 is 9.21 Å². The number of carbonyl (C=O) groups is 1. The van der Waals surface area contributed by atoms with Gasteiger partial charge in [-0.15, -0.1) is 10.2 Å². The molecule has 2 aromatic rings. The van der Waals surface area contributed by atoms with Crippen LogP contribution in [0.2, 0.25) is 5.02 Å². The Bertz CT molecular complexity index is 668. The molecule has 1 aromatic heterocycles. The highest BCUT2D eigenvalue weighted by atomic mass is 35.5. The van der Waals surface area contributed by atoms with Gasteiger partial charge in [-0.25, -0.2) is 0 Å². The first-order valence-corrected chi connectivity index (χ1v) is 8.94. The van der Waals surface area contributed by atoms with E-state index in [0.29, 0.717) is 16.1 Å². The van der Waals surface area contributed by atoms with Crippen LogP contribution in [-0.4, -0.2) is 39.3 Å². The third-order valence-electron chi connectivity index (χ3n) is 3.79. The second-order valence-electron chi connectivity index (χ2n) is 5.53. The van der Waals surface area contributed by atoms with Gasteiger partial charge in [0.25, 0.3) is 5.22 Å². The third kappa shape index (κ3) is 4.06. The summed E-state index contributed by atoms with van der Waals surface area (Å²) in [6.45, 7) is 3.58. The van der Waals surface area contributed by atoms with Crippen molar-refractivity contribution in [3.05, 3.63) is 29.3 Å². The molecular weight excluding hydrogens is 334 g/mol. The van der Waals surface area contributed by atoms with Gasteiger partial charge in [0, 0.05) is 23.7 Å². The van der Waals surface area contributed by atoms with Crippen molar-refractivity contribution in [2.75, 3.05) is 13.1 Å². The zero-order chi connectivity index (χ0) is 16.2. The highest BCUT2D eigenvalue weighted by Crippen LogP contribution is 2.28. The first-order chi connectivity index (χ1) is 11.1. The van der Waals surface area contributed by atoms with E-state index in [0.717, 1.165) is 31.5 Å². The SMILES string of the molecule is C[C@H](Sc1nnc(-c2ccc(Cl)cc2)o1)C(=O)N1CCCCC1. The predicted molar refractivity (Wildman–Crippen MR) is 90.5 cm³/mol. The van der Waals surface area contributed by atoms with Crippen molar-refractivity contribution in [2.45, 2.75) is 36.7 Å². The van der Waals surface area contributed by atoms with Gasteiger partial charge in [0.05, 0.1) is 5.25 Å². The number of halogens is 1. The highest BCUT2D eigenvalue weighted by molar-refractivity contribution is 8.00. The Morgan fingerprint density at radius 1 is 1.22 bits per heavy atom. The van der Waals surface area contributed by atoms with Gasteiger partial charge >= 0.3 is 0 Å². The number of carbonyl (C=O) groups excluding carboxylic acids is 1. The molecule has 0 aliphatic carbocycles. The van der Waals surface area contributed by atoms with Gasteiger partial charge in [-0.05, 0) is 50.5 Å². The van der Waals surface area contributed by atoms with Gasteiger partial charge in [0.15, 0.2) is 0 Å². The Morgan fingerprint density at radius 2 is 1.91 bits per heavy atom. The summed E-state index contributed by atoms with van der Waals surface area (Å²) in [5.41, 5.74) is 0.809. The predicted octanol–water partition coefficient (Wildman–Crippen LogP) is 3.88. The third-order valence-corrected chi connectivity index (χ3v) is 4.96. The summed E-state index contributed by atoms with van der Waals surface area (Å²) in [4.78, 5) is 14.3. The van der Waals surface area contributed by atoms with E-state index >= 15 is 0 Å². The summed E-state index contributed by atoms with van der Waals surface area (Å²) in [6, 6.07) is 7.20. The molecule has 1 aromatic carbocycles. The number of nitrogens with zero attached hydrogens (tertiary/aromatic N) is 3. The molecule has 0 bridgehead atoms. The number of amides is 1. The summed E-state index contributed by atoms with van der Waals surface area (Å²) in [7, 11) is 0. The normalized spacial score (nSPS) is 16.3. The molecular formula is C16H18ClN3O2S. The van der Waals surface area contributed by atoms with Gasteiger partial charge in [0.1, 0.15) is 0 Å². The van der Waals surface area contributed by atoms with Crippen LogP contribution >= 0.6 is 23.4 Å². The van der Waals surface area contributed by atoms with E-state index in [1.165, 1.54) is 18.2 Å². The summed E-state index contributed by atoms with van der Waals surface area (Å²) in [5.74, 6) is 0.572. The fourth-order valence-electron chi connectivity index (χ4n) is 2.54. The fraction of sp³-hybridized carbons (Fsp3) is 0.438. The number of rotatable bonds is 4. The maximum atomic E-state index is 12.4. The smallest absolute Gasteiger partial charge is 0.277 e. The van der Waals surface area contributed by atoms with Crippen LogP contribution in [0.15, 0.2) is 33.9 Å². The topological polar surface area (TPSA) is 59.2 Å². The van der Waals surface area contributed by atoms with Crippen LogP contribution in [0.3, 0.4) is 0 Å². The van der Waals surface area contributed by atoms with E-state index in [1.807, 2.05) is 24.0 Å². The lowest BCUT2D eigenvalue weighted by atomic mass is 10.1. The standard InChI is InChI=1S/C16H18ClN3O2S/c1-11(15(21)20-9-3-2-4-10-20)23-16-19-18-14(22-16)12-5-7-13(17)8-6-12/h5-8,11H,2-4,9-10H2,1H3/t11-/m0/s1. The van der Waals surface area contributed by atoms with E-state index in [9.17, 15) is 4.79 Å². The first kappa shape index (κ1) is 16.3. The minimum atomic E-state index is -0.230. The fourth-order valence-corrected chi connectivity index (χ4v) is 3.43. The number of benzene rings is 1. The molecule has 2 heterocycles. The van der Waals surface area contributed by atoms with Gasteiger partial charge in [0.2, 0.25) is 11.8 Å². The molecule has 1 saturated heterocycles. The van der Waals surface area contributed by atoms with Crippen molar-refractivity contribution >= 4 is 29.3 Å². The largest absolute Gasteiger partial charge is 0.411 e. The summed E-state index contributed by atoms with van der Waals surface area (Å²) in [5, 5.41) is 8.90. The van der Waals surface area contributed by atoms with Crippen LogP contribution in [0.5, 0.6) is 0 Å². The number of thioether (sulfide) groups is 1. The van der Waals surface area contributed by atoms with E-state index in [2.05, 4.69) is 10.2 Å². The molecule has 5 nitrogen and oxygen atoms in total. The van der Waals surface area contributed by atoms with Crippen LogP contribution in [0.4, 0.5) is 0 Å². The van der Waals surface area contributed by atoms with Crippen LogP contribution < -0.4 is 0 Å². The average Bonchev–Trinajstić information content (AvgIpc) is 3.04. The Hall–Kier alpha value is -1.53. The number of aromatic nitrogens is 2. The van der Waals surface area contributed by atoms with Gasteiger partial charge in [-0.3, -0.25) is 4.79 Å². The molecule has 1 aliphatic rings. The maximum Gasteiger partial charge on any atom is 0.277 e. The van der Waals surface area contributed by atoms with Gasteiger partial charge in [-0.1, -0.05) is 23.4 Å². The Balaban J connectivity index is 1.64. The Kier molecular flexibility index (Phi) is 5.23. The monoisotopic (exact) mass is 351 g/mol.